The van der Waals surface area contributed by atoms with Crippen molar-refractivity contribution >= 4 is 11.6 Å². The van der Waals surface area contributed by atoms with Gasteiger partial charge in [-0.15, -0.1) is 0 Å². The van der Waals surface area contributed by atoms with Gasteiger partial charge in [0.2, 0.25) is 0 Å². The number of hydrogen-bond donors (Lipinski definition) is 1. The summed E-state index contributed by atoms with van der Waals surface area (Å²) in [7, 11) is 0. The van der Waals surface area contributed by atoms with Gasteiger partial charge in [0.05, 0.1) is 5.02 Å². The minimum Gasteiger partial charge on any atom is -0.489 e. The van der Waals surface area contributed by atoms with Crippen molar-refractivity contribution in [2.45, 2.75) is 19.6 Å². The Labute approximate surface area is 162 Å². The second kappa shape index (κ2) is 9.49. The van der Waals surface area contributed by atoms with Gasteiger partial charge in [-0.1, -0.05) is 54.1 Å². The van der Waals surface area contributed by atoms with Crippen molar-refractivity contribution in [1.29, 1.82) is 0 Å². The molecule has 0 aromatic heterocycles. The lowest BCUT2D eigenvalue weighted by Gasteiger charge is -2.13. The van der Waals surface area contributed by atoms with Gasteiger partial charge in [-0.05, 0) is 42.8 Å². The van der Waals surface area contributed by atoms with Crippen LogP contribution < -0.4 is 10.1 Å². The molecule has 0 radical (unpaired) electrons. The smallest absolute Gasteiger partial charge is 0.126 e. The summed E-state index contributed by atoms with van der Waals surface area (Å²) in [6.07, 6.45) is 0.612. The van der Waals surface area contributed by atoms with Crippen molar-refractivity contribution in [1.82, 2.24) is 5.32 Å². The van der Waals surface area contributed by atoms with E-state index in [-0.39, 0.29) is 18.2 Å². The number of rotatable bonds is 8. The van der Waals surface area contributed by atoms with Gasteiger partial charge in [0.15, 0.2) is 0 Å². The van der Waals surface area contributed by atoms with E-state index in [9.17, 15) is 8.78 Å². The monoisotopic (exact) mass is 387 g/mol. The fraction of sp³-hybridized carbons (Fsp3) is 0.182. The summed E-state index contributed by atoms with van der Waals surface area (Å²) in [6, 6.07) is 18.7. The van der Waals surface area contributed by atoms with Crippen LogP contribution >= 0.6 is 11.6 Å². The molecule has 3 aromatic carbocycles. The van der Waals surface area contributed by atoms with E-state index in [1.807, 2.05) is 30.3 Å². The van der Waals surface area contributed by atoms with Crippen LogP contribution in [-0.4, -0.2) is 6.54 Å². The summed E-state index contributed by atoms with van der Waals surface area (Å²) in [5.74, 6) is 0.179. The maximum absolute atomic E-state index is 13.6. The molecule has 0 fully saturated rings. The Kier molecular flexibility index (Phi) is 6.80. The normalized spacial score (nSPS) is 10.8. The predicted molar refractivity (Wildman–Crippen MR) is 104 cm³/mol. The topological polar surface area (TPSA) is 21.3 Å². The van der Waals surface area contributed by atoms with E-state index in [1.165, 1.54) is 18.2 Å². The maximum atomic E-state index is 13.6. The molecule has 3 aromatic rings. The largest absolute Gasteiger partial charge is 0.489 e. The lowest BCUT2D eigenvalue weighted by Crippen LogP contribution is -2.17. The van der Waals surface area contributed by atoms with Gasteiger partial charge in [0.25, 0.3) is 0 Å². The molecule has 0 spiro atoms. The third kappa shape index (κ3) is 5.52. The Bertz CT molecular complexity index is 901. The van der Waals surface area contributed by atoms with Crippen LogP contribution in [-0.2, 0) is 19.6 Å². The highest BCUT2D eigenvalue weighted by Gasteiger charge is 2.07. The summed E-state index contributed by atoms with van der Waals surface area (Å²) >= 11 is 6.05. The van der Waals surface area contributed by atoms with E-state index in [2.05, 4.69) is 5.32 Å². The quantitative estimate of drug-likeness (QED) is 0.513. The van der Waals surface area contributed by atoms with Crippen molar-refractivity contribution in [3.63, 3.8) is 0 Å². The van der Waals surface area contributed by atoms with E-state index in [0.29, 0.717) is 30.1 Å². The third-order valence-corrected chi connectivity index (χ3v) is 4.57. The van der Waals surface area contributed by atoms with Gasteiger partial charge in [-0.3, -0.25) is 0 Å². The zero-order valence-electron chi connectivity index (χ0n) is 14.7. The molecule has 0 atom stereocenters. The Hall–Kier alpha value is -2.43. The molecule has 27 heavy (non-hydrogen) atoms. The number of ether oxygens (including phenoxy) is 1. The number of para-hydroxylation sites is 1. The SMILES string of the molecule is Fc1ccc(COc2ccccc2CNCCc2ccccc2F)c(Cl)c1. The molecule has 0 aliphatic carbocycles. The number of hydrogen-bond acceptors (Lipinski definition) is 2. The van der Waals surface area contributed by atoms with Crippen LogP contribution in [0.1, 0.15) is 16.7 Å². The first kappa shape index (κ1) is 19.3. The number of benzene rings is 3. The second-order valence-electron chi connectivity index (χ2n) is 6.15. The molecule has 0 heterocycles. The minimum atomic E-state index is -0.372. The molecule has 0 aliphatic rings. The van der Waals surface area contributed by atoms with E-state index >= 15 is 0 Å². The first-order valence-electron chi connectivity index (χ1n) is 8.72. The minimum absolute atomic E-state index is 0.181. The van der Waals surface area contributed by atoms with E-state index < -0.39 is 0 Å². The van der Waals surface area contributed by atoms with Gasteiger partial charge < -0.3 is 10.1 Å². The summed E-state index contributed by atoms with van der Waals surface area (Å²) in [5.41, 5.74) is 2.41. The lowest BCUT2D eigenvalue weighted by molar-refractivity contribution is 0.302. The number of halogens is 3. The molecule has 2 nitrogen and oxygen atoms in total. The molecule has 0 saturated carbocycles. The predicted octanol–water partition coefficient (Wildman–Crippen LogP) is 5.53. The average molecular weight is 388 g/mol. The van der Waals surface area contributed by atoms with Gasteiger partial charge >= 0.3 is 0 Å². The van der Waals surface area contributed by atoms with E-state index in [1.54, 1.807) is 18.2 Å². The van der Waals surface area contributed by atoms with E-state index in [4.69, 9.17) is 16.3 Å². The highest BCUT2D eigenvalue weighted by Crippen LogP contribution is 2.22. The van der Waals surface area contributed by atoms with Crippen LogP contribution in [0.4, 0.5) is 8.78 Å². The molecule has 0 unspecified atom stereocenters. The molecule has 5 heteroatoms. The number of nitrogens with one attached hydrogen (secondary N) is 1. The van der Waals surface area contributed by atoms with Crippen LogP contribution in [0.2, 0.25) is 5.02 Å². The molecular weight excluding hydrogens is 368 g/mol. The molecule has 140 valence electrons. The van der Waals surface area contributed by atoms with Crippen molar-refractivity contribution in [3.05, 3.63) is 100 Å². The Morgan fingerprint density at radius 2 is 1.59 bits per heavy atom. The molecule has 0 aliphatic heterocycles. The molecule has 3 rings (SSSR count). The van der Waals surface area contributed by atoms with Crippen molar-refractivity contribution in [3.8, 4) is 5.75 Å². The van der Waals surface area contributed by atoms with Crippen molar-refractivity contribution in [2.75, 3.05) is 6.54 Å². The molecule has 0 amide bonds. The average Bonchev–Trinajstić information content (AvgIpc) is 2.67. The summed E-state index contributed by atoms with van der Waals surface area (Å²) in [5, 5.41) is 3.66. The summed E-state index contributed by atoms with van der Waals surface area (Å²) < 4.78 is 32.7. The Morgan fingerprint density at radius 1 is 0.852 bits per heavy atom. The van der Waals surface area contributed by atoms with Crippen LogP contribution in [0.3, 0.4) is 0 Å². The summed E-state index contributed by atoms with van der Waals surface area (Å²) in [6.45, 7) is 1.51. The highest BCUT2D eigenvalue weighted by atomic mass is 35.5. The van der Waals surface area contributed by atoms with Gasteiger partial charge in [0, 0.05) is 17.7 Å². The zero-order valence-corrected chi connectivity index (χ0v) is 15.5. The standard InChI is InChI=1S/C22H20ClF2NO/c23-20-13-19(24)10-9-18(20)15-27-22-8-4-2-6-17(22)14-26-12-11-16-5-1-3-7-21(16)25/h1-10,13,26H,11-12,14-15H2. The maximum Gasteiger partial charge on any atom is 0.126 e. The fourth-order valence-electron chi connectivity index (χ4n) is 2.73. The fourth-order valence-corrected chi connectivity index (χ4v) is 2.95. The van der Waals surface area contributed by atoms with Gasteiger partial charge in [-0.25, -0.2) is 8.78 Å². The van der Waals surface area contributed by atoms with E-state index in [0.717, 1.165) is 16.9 Å². The van der Waals surface area contributed by atoms with Crippen LogP contribution in [0, 0.1) is 11.6 Å². The first-order valence-corrected chi connectivity index (χ1v) is 9.10. The molecule has 1 N–H and O–H groups in total. The third-order valence-electron chi connectivity index (χ3n) is 4.22. The van der Waals surface area contributed by atoms with Crippen LogP contribution in [0.15, 0.2) is 66.7 Å². The van der Waals surface area contributed by atoms with Crippen LogP contribution in [0.25, 0.3) is 0 Å². The molecular formula is C22H20ClF2NO. The zero-order chi connectivity index (χ0) is 19.1. The van der Waals surface area contributed by atoms with Gasteiger partial charge in [-0.2, -0.15) is 0 Å². The molecule has 0 saturated heterocycles. The Morgan fingerprint density at radius 3 is 2.37 bits per heavy atom. The lowest BCUT2D eigenvalue weighted by atomic mass is 10.1. The van der Waals surface area contributed by atoms with Crippen molar-refractivity contribution in [2.24, 2.45) is 0 Å². The van der Waals surface area contributed by atoms with Crippen LogP contribution in [0.5, 0.6) is 5.75 Å². The van der Waals surface area contributed by atoms with Crippen molar-refractivity contribution < 1.29 is 13.5 Å². The highest BCUT2D eigenvalue weighted by molar-refractivity contribution is 6.31. The Balaban J connectivity index is 1.55. The molecule has 0 bridgehead atoms. The van der Waals surface area contributed by atoms with Gasteiger partial charge in [0.1, 0.15) is 24.0 Å². The summed E-state index contributed by atoms with van der Waals surface area (Å²) in [4.78, 5) is 0. The second-order valence-corrected chi connectivity index (χ2v) is 6.56. The first-order chi connectivity index (χ1) is 13.1.